The maximum atomic E-state index is 6.53. The molecule has 0 saturated carbocycles. The van der Waals surface area contributed by atoms with Crippen LogP contribution in [0.4, 0.5) is 17.1 Å². The minimum Gasteiger partial charge on any atom is -0.455 e. The molecule has 3 heteroatoms. The second-order valence-corrected chi connectivity index (χ2v) is 20.5. The van der Waals surface area contributed by atoms with Crippen molar-refractivity contribution >= 4 is 84.4 Å². The number of hydrogen-bond acceptors (Lipinski definition) is 2. The number of anilines is 3. The summed E-state index contributed by atoms with van der Waals surface area (Å²) < 4.78 is 8.93. The van der Waals surface area contributed by atoms with Crippen LogP contribution >= 0.6 is 0 Å². The first kappa shape index (κ1) is 44.5. The van der Waals surface area contributed by atoms with Gasteiger partial charge < -0.3 is 13.7 Å². The summed E-state index contributed by atoms with van der Waals surface area (Å²) in [7, 11) is 0. The van der Waals surface area contributed by atoms with Gasteiger partial charge in [0.25, 0.3) is 0 Å². The topological polar surface area (TPSA) is 20.8 Å². The number of fused-ring (bicyclic) bond motifs is 9. The molecule has 0 unspecified atom stereocenters. The van der Waals surface area contributed by atoms with Gasteiger partial charge in [0.1, 0.15) is 11.2 Å². The van der Waals surface area contributed by atoms with Crippen molar-refractivity contribution in [3.8, 4) is 33.4 Å². The van der Waals surface area contributed by atoms with E-state index in [1.54, 1.807) is 0 Å². The third-order valence-corrected chi connectivity index (χ3v) is 16.4. The lowest BCUT2D eigenvalue weighted by Gasteiger charge is -2.35. The summed E-state index contributed by atoms with van der Waals surface area (Å²) in [5.74, 6) is 0. The quantitative estimate of drug-likeness (QED) is 0.144. The van der Waals surface area contributed by atoms with Crippen LogP contribution in [0.15, 0.2) is 271 Å². The Balaban J connectivity index is 0.901. The van der Waals surface area contributed by atoms with Gasteiger partial charge in [0, 0.05) is 54.8 Å². The van der Waals surface area contributed by atoms with Crippen LogP contribution in [0.5, 0.6) is 0 Å². The van der Waals surface area contributed by atoms with Gasteiger partial charge in [-0.25, -0.2) is 0 Å². The van der Waals surface area contributed by atoms with Crippen LogP contribution in [0.3, 0.4) is 0 Å². The number of hydrogen-bond donors (Lipinski definition) is 0. The van der Waals surface area contributed by atoms with Crippen molar-refractivity contribution in [3.05, 3.63) is 305 Å². The minimum atomic E-state index is -0.646. The average molecular weight is 983 g/mol. The SMILES string of the molecule is C=c1/c(=C\C=C(/C)c2ccc3c(c2)C(c2ccccc2)(c2ccccc2)c2cc(N(c4ccc(-c5ccccc5)cc4)c4ccc(-c5cccc6c5oc5ccccc56)cc4)ccc2-3)n2c3ccccc3c3cccc1c32. The van der Waals surface area contributed by atoms with E-state index in [2.05, 4.69) is 284 Å². The predicted octanol–water partition coefficient (Wildman–Crippen LogP) is 18.0. The van der Waals surface area contributed by atoms with E-state index in [0.29, 0.717) is 0 Å². The molecule has 0 radical (unpaired) electrons. The Morgan fingerprint density at radius 1 is 0.455 bits per heavy atom. The molecule has 0 aliphatic heterocycles. The van der Waals surface area contributed by atoms with E-state index in [-0.39, 0.29) is 0 Å². The molecule has 0 atom stereocenters. The van der Waals surface area contributed by atoms with Crippen LogP contribution in [0.25, 0.3) is 101 Å². The smallest absolute Gasteiger partial charge is 0.143 e. The molecule has 1 aliphatic carbocycles. The molecule has 362 valence electrons. The maximum Gasteiger partial charge on any atom is 0.143 e. The largest absolute Gasteiger partial charge is 0.455 e. The standard InChI is InChI=1S/C74H50N2O/c1-48(32-45-69-49(2)59-26-16-28-65-63-24-12-14-30-70(63)76(69)72(59)65)53-37-43-61-62-44-42-58(47-68(62)74(67(61)46-53,54-20-8-4-9-21-54)55-22-10-5-11-23-55)75(56-38-33-51(34-39-56)50-18-6-3-7-19-50)57-40-35-52(36-41-57)60-27-17-29-66-64-25-13-15-31-71(64)77-73(60)66/h3-47H,2H2,1H3/b48-32+,69-45+. The molecule has 0 fully saturated rings. The van der Waals surface area contributed by atoms with E-state index < -0.39 is 5.41 Å². The summed E-state index contributed by atoms with van der Waals surface area (Å²) in [6.07, 6.45) is 4.55. The van der Waals surface area contributed by atoms with Crippen LogP contribution in [0.2, 0.25) is 0 Å². The van der Waals surface area contributed by atoms with Crippen LogP contribution < -0.4 is 15.5 Å². The van der Waals surface area contributed by atoms with Crippen LogP contribution in [-0.4, -0.2) is 4.40 Å². The van der Waals surface area contributed by atoms with Crippen LogP contribution in [0, 0.1) is 0 Å². The van der Waals surface area contributed by atoms with Gasteiger partial charge in [-0.1, -0.05) is 219 Å². The van der Waals surface area contributed by atoms with Crippen LogP contribution in [-0.2, 0) is 5.41 Å². The van der Waals surface area contributed by atoms with Crippen molar-refractivity contribution in [2.24, 2.45) is 0 Å². The van der Waals surface area contributed by atoms with Gasteiger partial charge in [0.15, 0.2) is 0 Å². The summed E-state index contributed by atoms with van der Waals surface area (Å²) in [6, 6.07) is 95.1. The Kier molecular flexibility index (Phi) is 10.2. The normalized spacial score (nSPS) is 13.3. The first-order valence-corrected chi connectivity index (χ1v) is 26.5. The van der Waals surface area contributed by atoms with E-state index in [1.807, 2.05) is 12.1 Å². The molecule has 0 saturated heterocycles. The average Bonchev–Trinajstić information content (AvgIpc) is 4.29. The van der Waals surface area contributed by atoms with Crippen molar-refractivity contribution in [1.29, 1.82) is 0 Å². The summed E-state index contributed by atoms with van der Waals surface area (Å²) in [4.78, 5) is 2.41. The molecule has 3 heterocycles. The van der Waals surface area contributed by atoms with Crippen molar-refractivity contribution in [2.75, 3.05) is 4.90 Å². The zero-order valence-corrected chi connectivity index (χ0v) is 42.5. The monoisotopic (exact) mass is 982 g/mol. The number of aromatic nitrogens is 1. The van der Waals surface area contributed by atoms with Gasteiger partial charge in [0.2, 0.25) is 0 Å². The molecule has 3 nitrogen and oxygen atoms in total. The Hall–Kier alpha value is -9.96. The zero-order valence-electron chi connectivity index (χ0n) is 42.5. The van der Waals surface area contributed by atoms with Crippen molar-refractivity contribution in [1.82, 2.24) is 4.40 Å². The van der Waals surface area contributed by atoms with Crippen molar-refractivity contribution < 1.29 is 4.42 Å². The first-order chi connectivity index (χ1) is 38.0. The highest BCUT2D eigenvalue weighted by Crippen LogP contribution is 2.58. The van der Waals surface area contributed by atoms with E-state index in [4.69, 9.17) is 4.42 Å². The highest BCUT2D eigenvalue weighted by atomic mass is 16.3. The van der Waals surface area contributed by atoms with E-state index in [9.17, 15) is 0 Å². The molecule has 0 N–H and O–H groups in total. The van der Waals surface area contributed by atoms with Gasteiger partial charge in [-0.05, 0) is 129 Å². The van der Waals surface area contributed by atoms with Gasteiger partial charge in [-0.3, -0.25) is 0 Å². The lowest BCUT2D eigenvalue weighted by molar-refractivity contribution is 0.670. The fourth-order valence-electron chi connectivity index (χ4n) is 12.8. The molecule has 0 amide bonds. The summed E-state index contributed by atoms with van der Waals surface area (Å²) in [5, 5.41) is 8.12. The molecule has 1 aliphatic rings. The minimum absolute atomic E-state index is 0.646. The fraction of sp³-hybridized carbons (Fsp3) is 0.0270. The Bertz CT molecular complexity index is 4700. The number of rotatable bonds is 9. The summed E-state index contributed by atoms with van der Waals surface area (Å²) in [5.41, 5.74) is 21.1. The fourth-order valence-corrected chi connectivity index (χ4v) is 12.8. The molecular weight excluding hydrogens is 933 g/mol. The number of furan rings is 1. The van der Waals surface area contributed by atoms with Crippen molar-refractivity contribution in [3.63, 3.8) is 0 Å². The Morgan fingerprint density at radius 2 is 1.00 bits per heavy atom. The summed E-state index contributed by atoms with van der Waals surface area (Å²) >= 11 is 0. The van der Waals surface area contributed by atoms with E-state index in [0.717, 1.165) is 60.7 Å². The van der Waals surface area contributed by atoms with Crippen molar-refractivity contribution in [2.45, 2.75) is 12.3 Å². The Labute approximate surface area is 446 Å². The lowest BCUT2D eigenvalue weighted by Crippen LogP contribution is -2.29. The molecule has 15 rings (SSSR count). The molecular formula is C74H50N2O. The molecule has 77 heavy (non-hydrogen) atoms. The molecule has 11 aromatic carbocycles. The Morgan fingerprint density at radius 3 is 1.73 bits per heavy atom. The first-order valence-electron chi connectivity index (χ1n) is 26.5. The third kappa shape index (κ3) is 6.84. The van der Waals surface area contributed by atoms with Gasteiger partial charge in [-0.2, -0.15) is 0 Å². The van der Waals surface area contributed by atoms with E-state index in [1.165, 1.54) is 82.8 Å². The molecule has 14 aromatic rings. The van der Waals surface area contributed by atoms with Gasteiger partial charge in [0.05, 0.1) is 21.8 Å². The highest BCUT2D eigenvalue weighted by Gasteiger charge is 2.46. The molecule has 0 spiro atoms. The second kappa shape index (κ2) is 17.6. The molecule has 3 aromatic heterocycles. The maximum absolute atomic E-state index is 6.53. The second-order valence-electron chi connectivity index (χ2n) is 20.5. The predicted molar refractivity (Wildman–Crippen MR) is 323 cm³/mol. The zero-order chi connectivity index (χ0) is 51.2. The van der Waals surface area contributed by atoms with Crippen LogP contribution in [0.1, 0.15) is 34.7 Å². The van der Waals surface area contributed by atoms with Gasteiger partial charge >= 0.3 is 0 Å². The number of benzene rings is 11. The molecule has 0 bridgehead atoms. The third-order valence-electron chi connectivity index (χ3n) is 16.4. The van der Waals surface area contributed by atoms with E-state index >= 15 is 0 Å². The lowest BCUT2D eigenvalue weighted by atomic mass is 9.67. The number of nitrogens with zero attached hydrogens (tertiary/aromatic N) is 2. The number of para-hydroxylation sites is 4. The number of allylic oxidation sites excluding steroid dienone is 2. The summed E-state index contributed by atoms with van der Waals surface area (Å²) in [6.45, 7) is 6.88. The highest BCUT2D eigenvalue weighted by molar-refractivity contribution is 6.14. The van der Waals surface area contributed by atoms with Gasteiger partial charge in [-0.15, -0.1) is 0 Å².